The van der Waals surface area contributed by atoms with E-state index >= 15 is 0 Å². The largest absolute Gasteiger partial charge is 0.329 e. The highest BCUT2D eigenvalue weighted by Crippen LogP contribution is 2.39. The monoisotopic (exact) mass is 291 g/mol. The lowest BCUT2D eigenvalue weighted by atomic mass is 10.1. The van der Waals surface area contributed by atoms with E-state index in [1.807, 2.05) is 36.4 Å². The molecule has 3 rings (SSSR count). The van der Waals surface area contributed by atoms with E-state index in [-0.39, 0.29) is 0 Å². The molecule has 2 aromatic rings. The van der Waals surface area contributed by atoms with Crippen molar-refractivity contribution in [3.05, 3.63) is 59.1 Å². The number of nitrogens with zero attached hydrogens (tertiary/aromatic N) is 1. The Morgan fingerprint density at radius 2 is 1.67 bits per heavy atom. The summed E-state index contributed by atoms with van der Waals surface area (Å²) in [5.74, 6) is 0.805. The van der Waals surface area contributed by atoms with Crippen LogP contribution in [0.4, 0.5) is 11.4 Å². The lowest BCUT2D eigenvalue weighted by Gasteiger charge is -2.31. The van der Waals surface area contributed by atoms with Gasteiger partial charge in [-0.25, -0.2) is 0 Å². The van der Waals surface area contributed by atoms with Crippen LogP contribution in [-0.2, 0) is 0 Å². The first-order chi connectivity index (χ1) is 8.77. The Balaban J connectivity index is 2.13. The van der Waals surface area contributed by atoms with Crippen molar-refractivity contribution in [3.63, 3.8) is 0 Å². The first-order valence-corrected chi connectivity index (χ1v) is 7.33. The highest BCUT2D eigenvalue weighted by molar-refractivity contribution is 8.23. The second-order valence-electron chi connectivity index (χ2n) is 3.96. The quantitative estimate of drug-likeness (QED) is 0.691. The van der Waals surface area contributed by atoms with Gasteiger partial charge in [0.05, 0.1) is 26.5 Å². The van der Waals surface area contributed by atoms with Gasteiger partial charge < -0.3 is 4.90 Å². The van der Waals surface area contributed by atoms with E-state index in [1.165, 1.54) is 0 Å². The summed E-state index contributed by atoms with van der Waals surface area (Å²) in [5, 5.41) is 0.765. The molecular formula is C14H10ClNS2. The number of benzene rings is 2. The lowest BCUT2D eigenvalue weighted by molar-refractivity contribution is 1.17. The van der Waals surface area contributed by atoms with E-state index in [2.05, 4.69) is 17.0 Å². The molecule has 1 heterocycles. The summed E-state index contributed by atoms with van der Waals surface area (Å²) in [6.45, 7) is 0. The Morgan fingerprint density at radius 3 is 2.44 bits per heavy atom. The van der Waals surface area contributed by atoms with Crippen molar-refractivity contribution in [2.45, 2.75) is 0 Å². The van der Waals surface area contributed by atoms with E-state index in [1.54, 1.807) is 11.8 Å². The van der Waals surface area contributed by atoms with Crippen LogP contribution in [0.25, 0.3) is 0 Å². The van der Waals surface area contributed by atoms with Crippen LogP contribution in [0.15, 0.2) is 48.5 Å². The van der Waals surface area contributed by atoms with Crippen LogP contribution in [0.5, 0.6) is 0 Å². The van der Waals surface area contributed by atoms with Gasteiger partial charge in [-0.05, 0) is 18.2 Å². The molecule has 0 amide bonds. The van der Waals surface area contributed by atoms with Gasteiger partial charge in [0, 0.05) is 5.56 Å². The zero-order valence-electron chi connectivity index (χ0n) is 9.47. The summed E-state index contributed by atoms with van der Waals surface area (Å²) in [6, 6.07) is 16.1. The van der Waals surface area contributed by atoms with Crippen LogP contribution in [0, 0.1) is 0 Å². The van der Waals surface area contributed by atoms with Crippen LogP contribution in [0.1, 0.15) is 5.56 Å². The highest BCUT2D eigenvalue weighted by atomic mass is 35.5. The molecule has 0 radical (unpaired) electrons. The Bertz CT molecular complexity index is 612. The average molecular weight is 292 g/mol. The molecular weight excluding hydrogens is 282 g/mol. The van der Waals surface area contributed by atoms with Crippen molar-refractivity contribution < 1.29 is 0 Å². The Labute approximate surface area is 121 Å². The van der Waals surface area contributed by atoms with Crippen molar-refractivity contribution in [2.24, 2.45) is 0 Å². The van der Waals surface area contributed by atoms with Gasteiger partial charge in [0.2, 0.25) is 0 Å². The van der Waals surface area contributed by atoms with Gasteiger partial charge in [0.25, 0.3) is 0 Å². The molecule has 90 valence electrons. The summed E-state index contributed by atoms with van der Waals surface area (Å²) < 4.78 is 0.953. The smallest absolute Gasteiger partial charge is 0.0816 e. The minimum atomic E-state index is 0.765. The molecule has 0 atom stereocenters. The summed E-state index contributed by atoms with van der Waals surface area (Å²) in [4.78, 5) is 2.21. The highest BCUT2D eigenvalue weighted by Gasteiger charge is 2.22. The topological polar surface area (TPSA) is 3.24 Å². The summed E-state index contributed by atoms with van der Waals surface area (Å²) in [7, 11) is 0. The van der Waals surface area contributed by atoms with Gasteiger partial charge in [0.15, 0.2) is 0 Å². The Hall–Kier alpha value is -1.03. The maximum atomic E-state index is 6.28. The third-order valence-corrected chi connectivity index (χ3v) is 4.65. The molecule has 0 spiro atoms. The third-order valence-electron chi connectivity index (χ3n) is 2.88. The number of hydrogen-bond donors (Lipinski definition) is 0. The average Bonchev–Trinajstić information content (AvgIpc) is 2.41. The molecule has 2 aromatic carbocycles. The molecule has 0 saturated heterocycles. The molecule has 0 N–H and O–H groups in total. The molecule has 0 saturated carbocycles. The summed E-state index contributed by atoms with van der Waals surface area (Å²) in [5.41, 5.74) is 3.28. The second kappa shape index (κ2) is 4.92. The van der Waals surface area contributed by atoms with Crippen molar-refractivity contribution >= 4 is 51.2 Å². The number of halogens is 1. The van der Waals surface area contributed by atoms with E-state index in [0.717, 1.165) is 32.0 Å². The first kappa shape index (κ1) is 12.0. The summed E-state index contributed by atoms with van der Waals surface area (Å²) >= 11 is 13.3. The molecule has 1 aliphatic rings. The molecule has 0 unspecified atom stereocenters. The number of anilines is 2. The van der Waals surface area contributed by atoms with E-state index in [4.69, 9.17) is 23.8 Å². The minimum Gasteiger partial charge on any atom is -0.329 e. The van der Waals surface area contributed by atoms with Crippen LogP contribution in [-0.4, -0.2) is 10.1 Å². The fourth-order valence-electron chi connectivity index (χ4n) is 2.02. The fraction of sp³-hybridized carbons (Fsp3) is 0.0714. The standard InChI is InChI=1S/C14H10ClNS2/c15-11-6-2-4-8-13(11)16-9-18-14(17)10-5-1-3-7-12(10)16/h1-8H,9H2. The van der Waals surface area contributed by atoms with Gasteiger partial charge in [-0.2, -0.15) is 0 Å². The molecule has 0 aromatic heterocycles. The van der Waals surface area contributed by atoms with Gasteiger partial charge in [0.1, 0.15) is 0 Å². The number of thioether (sulfide) groups is 1. The molecule has 1 aliphatic heterocycles. The molecule has 1 nitrogen and oxygen atoms in total. The van der Waals surface area contributed by atoms with E-state index in [0.29, 0.717) is 0 Å². The van der Waals surface area contributed by atoms with Crippen LogP contribution < -0.4 is 4.90 Å². The van der Waals surface area contributed by atoms with E-state index < -0.39 is 0 Å². The zero-order chi connectivity index (χ0) is 12.5. The van der Waals surface area contributed by atoms with Crippen molar-refractivity contribution in [1.29, 1.82) is 0 Å². The molecule has 0 aliphatic carbocycles. The maximum absolute atomic E-state index is 6.28. The molecule has 4 heteroatoms. The van der Waals surface area contributed by atoms with E-state index in [9.17, 15) is 0 Å². The predicted molar refractivity (Wildman–Crippen MR) is 84.2 cm³/mol. The number of fused-ring (bicyclic) bond motifs is 1. The number of rotatable bonds is 1. The van der Waals surface area contributed by atoms with Crippen LogP contribution in [0.2, 0.25) is 5.02 Å². The number of para-hydroxylation sites is 2. The van der Waals surface area contributed by atoms with Crippen molar-refractivity contribution in [3.8, 4) is 0 Å². The Morgan fingerprint density at radius 1 is 1.00 bits per heavy atom. The number of thiocarbonyl (C=S) groups is 1. The van der Waals surface area contributed by atoms with Gasteiger partial charge in [-0.15, -0.1) is 0 Å². The second-order valence-corrected chi connectivity index (χ2v) is 5.99. The SMILES string of the molecule is S=C1SCN(c2ccccc2Cl)c2ccccc21. The molecule has 0 bridgehead atoms. The lowest BCUT2D eigenvalue weighted by Crippen LogP contribution is -2.23. The normalized spacial score (nSPS) is 14.5. The van der Waals surface area contributed by atoms with Crippen LogP contribution >= 0.6 is 35.6 Å². The van der Waals surface area contributed by atoms with Crippen molar-refractivity contribution in [1.82, 2.24) is 0 Å². The van der Waals surface area contributed by atoms with Gasteiger partial charge in [-0.1, -0.05) is 65.9 Å². The van der Waals surface area contributed by atoms with Gasteiger partial charge in [-0.3, -0.25) is 0 Å². The van der Waals surface area contributed by atoms with Crippen LogP contribution in [0.3, 0.4) is 0 Å². The third kappa shape index (κ3) is 2.03. The maximum Gasteiger partial charge on any atom is 0.0816 e. The van der Waals surface area contributed by atoms with Crippen molar-refractivity contribution in [2.75, 3.05) is 10.8 Å². The number of hydrogen-bond acceptors (Lipinski definition) is 3. The predicted octanol–water partition coefficient (Wildman–Crippen LogP) is 4.86. The zero-order valence-corrected chi connectivity index (χ0v) is 11.9. The minimum absolute atomic E-state index is 0.765. The Kier molecular flexibility index (Phi) is 3.29. The summed E-state index contributed by atoms with van der Waals surface area (Å²) in [6.07, 6.45) is 0. The fourth-order valence-corrected chi connectivity index (χ4v) is 3.44. The van der Waals surface area contributed by atoms with Gasteiger partial charge >= 0.3 is 0 Å². The first-order valence-electron chi connectivity index (χ1n) is 5.55. The molecule has 18 heavy (non-hydrogen) atoms. The molecule has 0 fully saturated rings.